The van der Waals surface area contributed by atoms with Crippen molar-refractivity contribution in [2.45, 2.75) is 11.0 Å². The van der Waals surface area contributed by atoms with E-state index in [2.05, 4.69) is 27.9 Å². The maximum absolute atomic E-state index is 10.8. The summed E-state index contributed by atoms with van der Waals surface area (Å²) in [4.78, 5) is 20.7. The van der Waals surface area contributed by atoms with Gasteiger partial charge in [-0.2, -0.15) is 0 Å². The molecule has 0 radical (unpaired) electrons. The van der Waals surface area contributed by atoms with Gasteiger partial charge in [-0.15, -0.1) is 0 Å². The highest BCUT2D eigenvalue weighted by molar-refractivity contribution is 14.1. The molecule has 1 atom stereocenters. The second kappa shape index (κ2) is 5.10. The molecule has 0 aliphatic rings. The number of halogens is 1. The van der Waals surface area contributed by atoms with Crippen LogP contribution in [0.25, 0.3) is 0 Å². The smallest absolute Gasteiger partial charge is 0.342 e. The number of aromatic carboxylic acids is 1. The Labute approximate surface area is 105 Å². The van der Waals surface area contributed by atoms with Gasteiger partial charge in [0, 0.05) is 11.8 Å². The fourth-order valence-corrected chi connectivity index (χ4v) is 1.55. The Morgan fingerprint density at radius 1 is 1.62 bits per heavy atom. The van der Waals surface area contributed by atoms with E-state index < -0.39 is 16.6 Å². The number of hydrogen-bond donors (Lipinski definition) is 2. The molecule has 1 unspecified atom stereocenters. The predicted octanol–water partition coefficient (Wildman–Crippen LogP) is 2.49. The van der Waals surface area contributed by atoms with Crippen molar-refractivity contribution in [3.05, 3.63) is 33.9 Å². The van der Waals surface area contributed by atoms with Gasteiger partial charge in [0.2, 0.25) is 0 Å². The number of carbonyl (C=O) groups is 1. The normalized spacial score (nSPS) is 11.9. The zero-order chi connectivity index (χ0) is 12.3. The lowest BCUT2D eigenvalue weighted by Gasteiger charge is -2.09. The van der Waals surface area contributed by atoms with Gasteiger partial charge in [-0.25, -0.2) is 4.79 Å². The van der Waals surface area contributed by atoms with Crippen molar-refractivity contribution >= 4 is 39.9 Å². The van der Waals surface area contributed by atoms with Gasteiger partial charge < -0.3 is 10.4 Å². The number of hydrogen-bond acceptors (Lipinski definition) is 4. The first-order chi connectivity index (χ1) is 7.41. The summed E-state index contributed by atoms with van der Waals surface area (Å²) in [5, 5.41) is 22.4. The molecule has 0 fully saturated rings. The highest BCUT2D eigenvalue weighted by Gasteiger charge is 2.19. The molecule has 0 aromatic heterocycles. The minimum Gasteiger partial charge on any atom is -0.477 e. The molecule has 6 nitrogen and oxygen atoms in total. The van der Waals surface area contributed by atoms with E-state index >= 15 is 0 Å². The van der Waals surface area contributed by atoms with Crippen molar-refractivity contribution < 1.29 is 14.8 Å². The van der Waals surface area contributed by atoms with Crippen LogP contribution in [0.2, 0.25) is 0 Å². The summed E-state index contributed by atoms with van der Waals surface area (Å²) >= 11 is 2.10. The standard InChI is InChI=1S/C9H9IN2O4/c1-5(10)11-6-2-3-8(12(15)16)7(4-6)9(13)14/h2-5,11H,1H3,(H,13,14). The number of nitrogens with zero attached hydrogens (tertiary/aromatic N) is 1. The molecule has 0 saturated carbocycles. The van der Waals surface area contributed by atoms with Gasteiger partial charge in [-0.1, -0.05) is 22.6 Å². The molecule has 7 heteroatoms. The minimum absolute atomic E-state index is 0.0979. The van der Waals surface area contributed by atoms with Crippen LogP contribution in [0.1, 0.15) is 17.3 Å². The third kappa shape index (κ3) is 3.05. The second-order valence-electron chi connectivity index (χ2n) is 3.05. The molecule has 0 aliphatic carbocycles. The number of anilines is 1. The Morgan fingerprint density at radius 3 is 2.69 bits per heavy atom. The lowest BCUT2D eigenvalue weighted by atomic mass is 10.1. The summed E-state index contributed by atoms with van der Waals surface area (Å²) in [5.74, 6) is -1.31. The van der Waals surface area contributed by atoms with E-state index in [9.17, 15) is 14.9 Å². The molecule has 0 bridgehead atoms. The maximum atomic E-state index is 10.8. The largest absolute Gasteiger partial charge is 0.477 e. The van der Waals surface area contributed by atoms with E-state index in [1.807, 2.05) is 6.92 Å². The van der Waals surface area contributed by atoms with Crippen LogP contribution in [-0.4, -0.2) is 20.0 Å². The summed E-state index contributed by atoms with van der Waals surface area (Å²) in [7, 11) is 0. The van der Waals surface area contributed by atoms with Crippen molar-refractivity contribution in [3.63, 3.8) is 0 Å². The van der Waals surface area contributed by atoms with Crippen LogP contribution in [0.3, 0.4) is 0 Å². The molecule has 0 saturated heterocycles. The number of nitro groups is 1. The molecule has 86 valence electrons. The highest BCUT2D eigenvalue weighted by atomic mass is 127. The molecular weight excluding hydrogens is 327 g/mol. The fourth-order valence-electron chi connectivity index (χ4n) is 1.19. The molecule has 0 amide bonds. The van der Waals surface area contributed by atoms with Crippen LogP contribution in [0.15, 0.2) is 18.2 Å². The topological polar surface area (TPSA) is 92.5 Å². The maximum Gasteiger partial charge on any atom is 0.342 e. The Hall–Kier alpha value is -1.38. The SMILES string of the molecule is CC(I)Nc1ccc([N+](=O)[O-])c(C(=O)O)c1. The van der Waals surface area contributed by atoms with Crippen LogP contribution in [-0.2, 0) is 0 Å². The van der Waals surface area contributed by atoms with E-state index in [0.717, 1.165) is 0 Å². The third-order valence-electron chi connectivity index (χ3n) is 1.79. The molecule has 2 N–H and O–H groups in total. The van der Waals surface area contributed by atoms with E-state index in [1.54, 1.807) is 0 Å². The second-order valence-corrected chi connectivity index (χ2v) is 4.92. The highest BCUT2D eigenvalue weighted by Crippen LogP contribution is 2.23. The van der Waals surface area contributed by atoms with Crippen LogP contribution in [0.5, 0.6) is 0 Å². The summed E-state index contributed by atoms with van der Waals surface area (Å²) in [6, 6.07) is 3.93. The summed E-state index contributed by atoms with van der Waals surface area (Å²) in [6.45, 7) is 1.88. The number of nitrogens with one attached hydrogen (secondary N) is 1. The van der Waals surface area contributed by atoms with Gasteiger partial charge in [0.05, 0.1) is 8.97 Å². The van der Waals surface area contributed by atoms with Gasteiger partial charge in [-0.3, -0.25) is 10.1 Å². The average Bonchev–Trinajstić information content (AvgIpc) is 2.16. The Kier molecular flexibility index (Phi) is 4.05. The van der Waals surface area contributed by atoms with Crippen LogP contribution in [0.4, 0.5) is 11.4 Å². The monoisotopic (exact) mass is 336 g/mol. The number of carboxylic acids is 1. The lowest BCUT2D eigenvalue weighted by Crippen LogP contribution is -2.08. The van der Waals surface area contributed by atoms with Crippen molar-refractivity contribution in [2.24, 2.45) is 0 Å². The van der Waals surface area contributed by atoms with Crippen molar-refractivity contribution in [2.75, 3.05) is 5.32 Å². The number of alkyl halides is 1. The number of rotatable bonds is 4. The number of carboxylic acid groups (broad SMARTS) is 1. The molecule has 1 rings (SSSR count). The average molecular weight is 336 g/mol. The number of nitro benzene ring substituents is 1. The first-order valence-electron chi connectivity index (χ1n) is 4.34. The van der Waals surface area contributed by atoms with E-state index in [1.165, 1.54) is 18.2 Å². The first kappa shape index (κ1) is 12.7. The summed E-state index contributed by atoms with van der Waals surface area (Å²) < 4.78 is 0.0979. The predicted molar refractivity (Wildman–Crippen MR) is 67.2 cm³/mol. The molecule has 0 spiro atoms. The van der Waals surface area contributed by atoms with Crippen molar-refractivity contribution in [1.82, 2.24) is 0 Å². The fraction of sp³-hybridized carbons (Fsp3) is 0.222. The van der Waals surface area contributed by atoms with E-state index in [-0.39, 0.29) is 9.61 Å². The first-order valence-corrected chi connectivity index (χ1v) is 5.58. The van der Waals surface area contributed by atoms with Gasteiger partial charge in [-0.05, 0) is 19.1 Å². The summed E-state index contributed by atoms with van der Waals surface area (Å²) in [6.07, 6.45) is 0. The molecule has 1 aromatic carbocycles. The van der Waals surface area contributed by atoms with Crippen molar-refractivity contribution in [1.29, 1.82) is 0 Å². The van der Waals surface area contributed by atoms with Crippen LogP contribution in [0, 0.1) is 10.1 Å². The molecular formula is C9H9IN2O4. The Balaban J connectivity index is 3.17. The molecule has 1 aromatic rings. The zero-order valence-electron chi connectivity index (χ0n) is 8.31. The zero-order valence-corrected chi connectivity index (χ0v) is 10.5. The summed E-state index contributed by atoms with van der Waals surface area (Å²) in [5.41, 5.74) is -0.170. The van der Waals surface area contributed by atoms with Gasteiger partial charge in [0.1, 0.15) is 5.56 Å². The minimum atomic E-state index is -1.31. The number of benzene rings is 1. The van der Waals surface area contributed by atoms with Crippen molar-refractivity contribution in [3.8, 4) is 0 Å². The lowest BCUT2D eigenvalue weighted by molar-refractivity contribution is -0.385. The van der Waals surface area contributed by atoms with E-state index in [4.69, 9.17) is 5.11 Å². The third-order valence-corrected chi connectivity index (χ3v) is 2.10. The van der Waals surface area contributed by atoms with Crippen LogP contribution < -0.4 is 5.32 Å². The van der Waals surface area contributed by atoms with Crippen LogP contribution >= 0.6 is 22.6 Å². The van der Waals surface area contributed by atoms with Gasteiger partial charge in [0.25, 0.3) is 5.69 Å². The molecule has 0 heterocycles. The van der Waals surface area contributed by atoms with Gasteiger partial charge >= 0.3 is 5.97 Å². The molecule has 16 heavy (non-hydrogen) atoms. The quantitative estimate of drug-likeness (QED) is 0.290. The molecule has 0 aliphatic heterocycles. The Bertz CT molecular complexity index is 434. The van der Waals surface area contributed by atoms with E-state index in [0.29, 0.717) is 5.69 Å². The van der Waals surface area contributed by atoms with Gasteiger partial charge in [0.15, 0.2) is 0 Å². The Morgan fingerprint density at radius 2 is 2.25 bits per heavy atom.